The average molecular weight is 281 g/mol. The lowest BCUT2D eigenvalue weighted by Crippen LogP contribution is -2.56. The highest BCUT2D eigenvalue weighted by Gasteiger charge is 2.30. The van der Waals surface area contributed by atoms with Gasteiger partial charge in [0.2, 0.25) is 0 Å². The zero-order valence-corrected chi connectivity index (χ0v) is 11.5. The number of hydrogen-bond donors (Lipinski definition) is 2. The molecule has 0 saturated carbocycles. The van der Waals surface area contributed by atoms with E-state index in [4.69, 9.17) is 0 Å². The van der Waals surface area contributed by atoms with E-state index in [0.29, 0.717) is 11.1 Å². The first-order chi connectivity index (χ1) is 10.2. The van der Waals surface area contributed by atoms with E-state index in [2.05, 4.69) is 10.7 Å². The summed E-state index contributed by atoms with van der Waals surface area (Å²) in [4.78, 5) is 24.6. The first-order valence-corrected chi connectivity index (χ1v) is 6.72. The van der Waals surface area contributed by atoms with E-state index in [-0.39, 0.29) is 18.0 Å². The minimum Gasteiger partial charge on any atom is -0.363 e. The Morgan fingerprint density at radius 2 is 1.76 bits per heavy atom. The zero-order chi connectivity index (χ0) is 14.8. The number of para-hydroxylation sites is 1. The molecule has 0 radical (unpaired) electrons. The molecule has 5 nitrogen and oxygen atoms in total. The number of anilines is 1. The number of carbonyl (C=O) groups is 2. The molecule has 106 valence electrons. The van der Waals surface area contributed by atoms with E-state index in [0.717, 1.165) is 5.69 Å². The Morgan fingerprint density at radius 1 is 1.10 bits per heavy atom. The fraction of sp³-hybridized carbons (Fsp3) is 0.125. The van der Waals surface area contributed by atoms with Crippen LogP contribution in [-0.2, 0) is 0 Å². The number of benzene rings is 2. The number of carbonyl (C=O) groups excluding carboxylic acids is 2. The molecule has 0 bridgehead atoms. The summed E-state index contributed by atoms with van der Waals surface area (Å²) in [6.45, 7) is 1.82. The molecule has 1 aliphatic rings. The Hall–Kier alpha value is -2.82. The fourth-order valence-corrected chi connectivity index (χ4v) is 2.30. The lowest BCUT2D eigenvalue weighted by atomic mass is 10.1. The van der Waals surface area contributed by atoms with Gasteiger partial charge in [-0.05, 0) is 31.2 Å². The maximum absolute atomic E-state index is 12.5. The van der Waals surface area contributed by atoms with Crippen LogP contribution in [0.5, 0.6) is 0 Å². The molecule has 1 aliphatic heterocycles. The van der Waals surface area contributed by atoms with Crippen LogP contribution in [-0.4, -0.2) is 23.0 Å². The Balaban J connectivity index is 1.83. The number of hydrazine groups is 1. The molecule has 1 unspecified atom stereocenters. The molecule has 2 aromatic carbocycles. The van der Waals surface area contributed by atoms with E-state index in [1.54, 1.807) is 36.4 Å². The zero-order valence-electron chi connectivity index (χ0n) is 11.5. The van der Waals surface area contributed by atoms with E-state index in [1.807, 2.05) is 25.1 Å². The topological polar surface area (TPSA) is 61.4 Å². The molecule has 0 aromatic heterocycles. The highest BCUT2D eigenvalue weighted by molar-refractivity contribution is 6.03. The quantitative estimate of drug-likeness (QED) is 0.887. The van der Waals surface area contributed by atoms with E-state index >= 15 is 0 Å². The van der Waals surface area contributed by atoms with Crippen molar-refractivity contribution in [2.45, 2.75) is 13.1 Å². The second kappa shape index (κ2) is 5.28. The molecule has 2 N–H and O–H groups in total. The monoisotopic (exact) mass is 281 g/mol. The first-order valence-electron chi connectivity index (χ1n) is 6.72. The van der Waals surface area contributed by atoms with Crippen LogP contribution in [0.15, 0.2) is 54.6 Å². The van der Waals surface area contributed by atoms with Gasteiger partial charge in [0.05, 0.1) is 5.56 Å². The molecular formula is C16H15N3O2. The minimum atomic E-state index is -0.319. The van der Waals surface area contributed by atoms with Crippen molar-refractivity contribution >= 4 is 17.5 Å². The van der Waals surface area contributed by atoms with Crippen LogP contribution in [0, 0.1) is 0 Å². The van der Waals surface area contributed by atoms with E-state index in [9.17, 15) is 9.59 Å². The number of amides is 2. The molecule has 3 rings (SSSR count). The summed E-state index contributed by atoms with van der Waals surface area (Å²) in [6.07, 6.45) is -0.319. The van der Waals surface area contributed by atoms with Crippen LogP contribution in [0.2, 0.25) is 0 Å². The SMILES string of the molecule is CC1Nc2ccccc2C(=O)N1NC(=O)c1ccccc1. The van der Waals surface area contributed by atoms with Gasteiger partial charge in [-0.1, -0.05) is 30.3 Å². The Kier molecular flexibility index (Phi) is 3.31. The van der Waals surface area contributed by atoms with Crippen molar-refractivity contribution < 1.29 is 9.59 Å². The number of rotatable bonds is 2. The molecule has 21 heavy (non-hydrogen) atoms. The largest absolute Gasteiger partial charge is 0.363 e. The highest BCUT2D eigenvalue weighted by atomic mass is 16.2. The maximum atomic E-state index is 12.5. The number of fused-ring (bicyclic) bond motifs is 1. The number of nitrogens with zero attached hydrogens (tertiary/aromatic N) is 1. The lowest BCUT2D eigenvalue weighted by Gasteiger charge is -2.35. The average Bonchev–Trinajstić information content (AvgIpc) is 2.52. The number of nitrogens with one attached hydrogen (secondary N) is 2. The highest BCUT2D eigenvalue weighted by Crippen LogP contribution is 2.23. The van der Waals surface area contributed by atoms with Gasteiger partial charge in [-0.25, -0.2) is 5.01 Å². The van der Waals surface area contributed by atoms with Crippen molar-refractivity contribution in [3.05, 3.63) is 65.7 Å². The van der Waals surface area contributed by atoms with Gasteiger partial charge in [0.15, 0.2) is 0 Å². The summed E-state index contributed by atoms with van der Waals surface area (Å²) in [5.74, 6) is -0.530. The first kappa shape index (κ1) is 13.2. The Morgan fingerprint density at radius 3 is 2.52 bits per heavy atom. The van der Waals surface area contributed by atoms with Crippen molar-refractivity contribution in [2.24, 2.45) is 0 Å². The second-order valence-corrected chi connectivity index (χ2v) is 4.85. The number of hydrogen-bond acceptors (Lipinski definition) is 3. The molecule has 0 saturated heterocycles. The van der Waals surface area contributed by atoms with Crippen LogP contribution >= 0.6 is 0 Å². The third kappa shape index (κ3) is 2.45. The maximum Gasteiger partial charge on any atom is 0.276 e. The predicted molar refractivity (Wildman–Crippen MR) is 79.6 cm³/mol. The van der Waals surface area contributed by atoms with Crippen LogP contribution in [0.1, 0.15) is 27.6 Å². The molecule has 0 aliphatic carbocycles. The van der Waals surface area contributed by atoms with Crippen LogP contribution in [0.25, 0.3) is 0 Å². The van der Waals surface area contributed by atoms with Crippen molar-refractivity contribution in [3.8, 4) is 0 Å². The standard InChI is InChI=1S/C16H15N3O2/c1-11-17-14-10-6-5-9-13(14)16(21)19(11)18-15(20)12-7-3-2-4-8-12/h2-11,17H,1H3,(H,18,20). The van der Waals surface area contributed by atoms with Gasteiger partial charge in [0.1, 0.15) is 6.17 Å². The summed E-state index contributed by atoms with van der Waals surface area (Å²) in [6, 6.07) is 16.1. The van der Waals surface area contributed by atoms with Gasteiger partial charge < -0.3 is 5.32 Å². The summed E-state index contributed by atoms with van der Waals surface area (Å²) >= 11 is 0. The van der Waals surface area contributed by atoms with Crippen LogP contribution in [0.3, 0.4) is 0 Å². The fourth-order valence-electron chi connectivity index (χ4n) is 2.30. The molecule has 1 atom stereocenters. The molecule has 0 fully saturated rings. The van der Waals surface area contributed by atoms with Gasteiger partial charge in [-0.2, -0.15) is 0 Å². The van der Waals surface area contributed by atoms with E-state index in [1.165, 1.54) is 5.01 Å². The molecule has 1 heterocycles. The van der Waals surface area contributed by atoms with Gasteiger partial charge >= 0.3 is 0 Å². The van der Waals surface area contributed by atoms with Gasteiger partial charge in [-0.15, -0.1) is 0 Å². The van der Waals surface area contributed by atoms with Gasteiger partial charge in [0.25, 0.3) is 11.8 Å². The van der Waals surface area contributed by atoms with Crippen molar-refractivity contribution in [1.82, 2.24) is 10.4 Å². The van der Waals surface area contributed by atoms with Gasteiger partial charge in [-0.3, -0.25) is 15.0 Å². The molecule has 0 spiro atoms. The smallest absolute Gasteiger partial charge is 0.276 e. The Labute approximate surface area is 122 Å². The third-order valence-electron chi connectivity index (χ3n) is 3.39. The van der Waals surface area contributed by atoms with Crippen molar-refractivity contribution in [1.29, 1.82) is 0 Å². The molecule has 2 amide bonds. The minimum absolute atomic E-state index is 0.221. The van der Waals surface area contributed by atoms with Crippen LogP contribution in [0.4, 0.5) is 5.69 Å². The lowest BCUT2D eigenvalue weighted by molar-refractivity contribution is 0.0510. The van der Waals surface area contributed by atoms with Crippen LogP contribution < -0.4 is 10.7 Å². The molecular weight excluding hydrogens is 266 g/mol. The van der Waals surface area contributed by atoms with Crippen molar-refractivity contribution in [2.75, 3.05) is 5.32 Å². The predicted octanol–water partition coefficient (Wildman–Crippen LogP) is 2.25. The summed E-state index contributed by atoms with van der Waals surface area (Å²) in [5, 5.41) is 4.50. The van der Waals surface area contributed by atoms with Crippen molar-refractivity contribution in [3.63, 3.8) is 0 Å². The summed E-state index contributed by atoms with van der Waals surface area (Å²) in [7, 11) is 0. The molecule has 2 aromatic rings. The third-order valence-corrected chi connectivity index (χ3v) is 3.39. The summed E-state index contributed by atoms with van der Waals surface area (Å²) in [5.41, 5.74) is 4.49. The Bertz CT molecular complexity index is 685. The second-order valence-electron chi connectivity index (χ2n) is 4.85. The normalized spacial score (nSPS) is 16.9. The van der Waals surface area contributed by atoms with E-state index < -0.39 is 0 Å². The van der Waals surface area contributed by atoms with Gasteiger partial charge in [0, 0.05) is 11.3 Å². The summed E-state index contributed by atoms with van der Waals surface area (Å²) < 4.78 is 0. The molecule has 5 heteroatoms.